The molecule has 1 rings (SSSR count). The molecule has 0 saturated carbocycles. The summed E-state index contributed by atoms with van der Waals surface area (Å²) in [6.45, 7) is 9.62. The Hall–Kier alpha value is -1.39. The van der Waals surface area contributed by atoms with Gasteiger partial charge >= 0.3 is 0 Å². The van der Waals surface area contributed by atoms with E-state index in [0.717, 1.165) is 18.5 Å². The van der Waals surface area contributed by atoms with Crippen molar-refractivity contribution in [2.75, 3.05) is 7.05 Å². The second kappa shape index (κ2) is 8.30. The SMILES string of the molecule is CCCC(C)(N)C(=O)NCc1cccc(CN(C)C(C)C)c1. The maximum atomic E-state index is 12.1. The first kappa shape index (κ1) is 18.7. The van der Waals surface area contributed by atoms with E-state index in [1.165, 1.54) is 5.56 Å². The number of rotatable bonds is 8. The van der Waals surface area contributed by atoms with Gasteiger partial charge in [0.05, 0.1) is 5.54 Å². The summed E-state index contributed by atoms with van der Waals surface area (Å²) in [7, 11) is 2.11. The number of nitrogens with two attached hydrogens (primary N) is 1. The van der Waals surface area contributed by atoms with Crippen LogP contribution in [0.3, 0.4) is 0 Å². The van der Waals surface area contributed by atoms with Crippen molar-refractivity contribution in [2.24, 2.45) is 5.73 Å². The molecule has 0 heterocycles. The summed E-state index contributed by atoms with van der Waals surface area (Å²) in [5.74, 6) is -0.0842. The molecule has 0 aliphatic carbocycles. The first-order valence-corrected chi connectivity index (χ1v) is 8.11. The van der Waals surface area contributed by atoms with Crippen LogP contribution in [0.5, 0.6) is 0 Å². The lowest BCUT2D eigenvalue weighted by Crippen LogP contribution is -2.51. The largest absolute Gasteiger partial charge is 0.350 e. The van der Waals surface area contributed by atoms with E-state index in [2.05, 4.69) is 43.2 Å². The molecular weight excluding hydrogens is 274 g/mol. The van der Waals surface area contributed by atoms with Crippen molar-refractivity contribution < 1.29 is 4.79 Å². The minimum atomic E-state index is -0.787. The molecule has 4 heteroatoms. The quantitative estimate of drug-likeness (QED) is 0.776. The zero-order chi connectivity index (χ0) is 16.8. The standard InChI is InChI=1S/C18H31N3O/c1-6-10-18(4,19)17(22)20-12-15-8-7-9-16(11-15)13-21(5)14(2)3/h7-9,11,14H,6,10,12-13,19H2,1-5H3,(H,20,22). The van der Waals surface area contributed by atoms with Gasteiger partial charge in [0.15, 0.2) is 0 Å². The molecule has 4 nitrogen and oxygen atoms in total. The molecule has 1 amide bonds. The molecule has 0 aliphatic rings. The van der Waals surface area contributed by atoms with Gasteiger partial charge in [0.2, 0.25) is 5.91 Å². The molecule has 1 atom stereocenters. The predicted molar refractivity (Wildman–Crippen MR) is 92.4 cm³/mol. The molecule has 0 spiro atoms. The molecule has 0 aliphatic heterocycles. The van der Waals surface area contributed by atoms with Crippen LogP contribution in [0.15, 0.2) is 24.3 Å². The van der Waals surface area contributed by atoms with Crippen molar-refractivity contribution in [2.45, 2.75) is 65.2 Å². The third-order valence-electron chi connectivity index (χ3n) is 4.05. The Labute approximate surface area is 135 Å². The molecule has 1 aromatic carbocycles. The van der Waals surface area contributed by atoms with Crippen molar-refractivity contribution in [3.63, 3.8) is 0 Å². The molecule has 0 fully saturated rings. The molecular formula is C18H31N3O. The summed E-state index contributed by atoms with van der Waals surface area (Å²) in [5, 5.41) is 2.95. The van der Waals surface area contributed by atoms with E-state index >= 15 is 0 Å². The van der Waals surface area contributed by atoms with Gasteiger partial charge in [-0.15, -0.1) is 0 Å². The highest BCUT2D eigenvalue weighted by Crippen LogP contribution is 2.11. The van der Waals surface area contributed by atoms with Crippen molar-refractivity contribution in [3.8, 4) is 0 Å². The van der Waals surface area contributed by atoms with Gasteiger partial charge in [-0.1, -0.05) is 37.6 Å². The summed E-state index contributed by atoms with van der Waals surface area (Å²) in [6, 6.07) is 8.85. The maximum Gasteiger partial charge on any atom is 0.240 e. The fourth-order valence-electron chi connectivity index (χ4n) is 2.33. The molecule has 0 aromatic heterocycles. The number of nitrogens with zero attached hydrogens (tertiary/aromatic N) is 1. The molecule has 124 valence electrons. The third kappa shape index (κ3) is 5.78. The van der Waals surface area contributed by atoms with Gasteiger partial charge in [-0.05, 0) is 45.4 Å². The third-order valence-corrected chi connectivity index (χ3v) is 4.05. The first-order chi connectivity index (χ1) is 10.3. The highest BCUT2D eigenvalue weighted by Gasteiger charge is 2.26. The number of nitrogens with one attached hydrogen (secondary N) is 1. The zero-order valence-electron chi connectivity index (χ0n) is 14.6. The molecule has 22 heavy (non-hydrogen) atoms. The Morgan fingerprint density at radius 2 is 2.00 bits per heavy atom. The molecule has 0 saturated heterocycles. The van der Waals surface area contributed by atoms with Gasteiger partial charge < -0.3 is 11.1 Å². The molecule has 3 N–H and O–H groups in total. The summed E-state index contributed by atoms with van der Waals surface area (Å²) >= 11 is 0. The molecule has 0 bridgehead atoms. The summed E-state index contributed by atoms with van der Waals surface area (Å²) < 4.78 is 0. The van der Waals surface area contributed by atoms with E-state index in [0.29, 0.717) is 19.0 Å². The minimum Gasteiger partial charge on any atom is -0.350 e. The highest BCUT2D eigenvalue weighted by molar-refractivity contribution is 5.85. The van der Waals surface area contributed by atoms with Crippen LogP contribution >= 0.6 is 0 Å². The monoisotopic (exact) mass is 305 g/mol. The average molecular weight is 305 g/mol. The van der Waals surface area contributed by atoms with Gasteiger partial charge in [-0.3, -0.25) is 9.69 Å². The van der Waals surface area contributed by atoms with E-state index in [9.17, 15) is 4.79 Å². The lowest BCUT2D eigenvalue weighted by Gasteiger charge is -2.23. The van der Waals surface area contributed by atoms with Crippen molar-refractivity contribution in [1.29, 1.82) is 0 Å². The van der Waals surface area contributed by atoms with E-state index in [1.807, 2.05) is 19.1 Å². The van der Waals surface area contributed by atoms with Gasteiger partial charge in [-0.2, -0.15) is 0 Å². The van der Waals surface area contributed by atoms with E-state index in [-0.39, 0.29) is 5.91 Å². The Kier molecular flexibility index (Phi) is 7.04. The van der Waals surface area contributed by atoms with E-state index in [1.54, 1.807) is 6.92 Å². The van der Waals surface area contributed by atoms with Crippen molar-refractivity contribution >= 4 is 5.91 Å². The van der Waals surface area contributed by atoms with Gasteiger partial charge in [-0.25, -0.2) is 0 Å². The Morgan fingerprint density at radius 1 is 1.36 bits per heavy atom. The predicted octanol–water partition coefficient (Wildman–Crippen LogP) is 2.66. The van der Waals surface area contributed by atoms with Crippen LogP contribution in [0.2, 0.25) is 0 Å². The van der Waals surface area contributed by atoms with E-state index in [4.69, 9.17) is 5.73 Å². The van der Waals surface area contributed by atoms with Crippen LogP contribution in [0.1, 0.15) is 51.7 Å². The van der Waals surface area contributed by atoms with Crippen LogP contribution in [-0.4, -0.2) is 29.4 Å². The number of amides is 1. The van der Waals surface area contributed by atoms with E-state index < -0.39 is 5.54 Å². The summed E-state index contributed by atoms with van der Waals surface area (Å²) in [5.41, 5.74) is 7.62. The van der Waals surface area contributed by atoms with Gasteiger partial charge in [0, 0.05) is 19.1 Å². The fraction of sp³-hybridized carbons (Fsp3) is 0.611. The van der Waals surface area contributed by atoms with Crippen LogP contribution in [0.25, 0.3) is 0 Å². The molecule has 0 radical (unpaired) electrons. The number of hydrogen-bond donors (Lipinski definition) is 2. The lowest BCUT2D eigenvalue weighted by atomic mass is 9.96. The second-order valence-corrected chi connectivity index (χ2v) is 6.68. The Balaban J connectivity index is 2.62. The van der Waals surface area contributed by atoms with Crippen LogP contribution in [0, 0.1) is 0 Å². The normalized spacial score (nSPS) is 14.2. The zero-order valence-corrected chi connectivity index (χ0v) is 14.6. The van der Waals surface area contributed by atoms with Crippen molar-refractivity contribution in [3.05, 3.63) is 35.4 Å². The number of carbonyl (C=O) groups excluding carboxylic acids is 1. The summed E-state index contributed by atoms with van der Waals surface area (Å²) in [6.07, 6.45) is 1.59. The summed E-state index contributed by atoms with van der Waals surface area (Å²) in [4.78, 5) is 14.4. The first-order valence-electron chi connectivity index (χ1n) is 8.11. The van der Waals surface area contributed by atoms with Crippen LogP contribution in [-0.2, 0) is 17.9 Å². The number of carbonyl (C=O) groups is 1. The van der Waals surface area contributed by atoms with Crippen molar-refractivity contribution in [1.82, 2.24) is 10.2 Å². The number of benzene rings is 1. The highest BCUT2D eigenvalue weighted by atomic mass is 16.2. The molecule has 1 unspecified atom stereocenters. The Bertz CT molecular complexity index is 483. The lowest BCUT2D eigenvalue weighted by molar-refractivity contribution is -0.126. The maximum absolute atomic E-state index is 12.1. The smallest absolute Gasteiger partial charge is 0.240 e. The van der Waals surface area contributed by atoms with Crippen LogP contribution in [0.4, 0.5) is 0 Å². The average Bonchev–Trinajstić information content (AvgIpc) is 2.44. The Morgan fingerprint density at radius 3 is 2.59 bits per heavy atom. The van der Waals surface area contributed by atoms with Gasteiger partial charge in [0.1, 0.15) is 0 Å². The fourth-order valence-corrected chi connectivity index (χ4v) is 2.33. The van der Waals surface area contributed by atoms with Gasteiger partial charge in [0.25, 0.3) is 0 Å². The number of hydrogen-bond acceptors (Lipinski definition) is 3. The van der Waals surface area contributed by atoms with Crippen LogP contribution < -0.4 is 11.1 Å². The second-order valence-electron chi connectivity index (χ2n) is 6.68. The topological polar surface area (TPSA) is 58.4 Å². The minimum absolute atomic E-state index is 0.0842. The molecule has 1 aromatic rings.